The number of phenolic OH excluding ortho intramolecular Hbond substituents is 1. The van der Waals surface area contributed by atoms with Crippen LogP contribution in [0.2, 0.25) is 0 Å². The van der Waals surface area contributed by atoms with Crippen molar-refractivity contribution >= 4 is 117 Å². The van der Waals surface area contributed by atoms with E-state index >= 15 is 0 Å². The van der Waals surface area contributed by atoms with Crippen LogP contribution in [-0.2, 0) is 76.1 Å². The number of benzene rings is 3. The van der Waals surface area contributed by atoms with Gasteiger partial charge in [-0.1, -0.05) is 42.5 Å². The number of aromatic nitrogens is 1. The Labute approximate surface area is 615 Å². The summed E-state index contributed by atoms with van der Waals surface area (Å²) in [6, 6.07) is 4.48. The van der Waals surface area contributed by atoms with Crippen molar-refractivity contribution in [3.8, 4) is 5.75 Å². The summed E-state index contributed by atoms with van der Waals surface area (Å²) in [7, 11) is -12.5. The number of nitrogens with one attached hydrogen (secondary N) is 9. The summed E-state index contributed by atoms with van der Waals surface area (Å²) in [4.78, 5) is 176. The number of non-ortho nitro benzene ring substituents is 1. The molecule has 9 amide bonds. The van der Waals surface area contributed by atoms with Crippen molar-refractivity contribution in [2.75, 3.05) is 95.0 Å². The number of aliphatic hydroxyl groups excluding tert-OH is 4. The molecule has 2 heterocycles. The summed E-state index contributed by atoms with van der Waals surface area (Å²) in [5.41, 5.74) is 12.9. The summed E-state index contributed by atoms with van der Waals surface area (Å²) in [5, 5.41) is 82.6. The molecule has 1 aliphatic rings. The average Bonchev–Trinajstić information content (AvgIpc) is 1.66. The number of H-pyrrole nitrogens is 1. The number of hydrogen-bond donors (Lipinski definition) is 21. The van der Waals surface area contributed by atoms with Crippen LogP contribution < -0.4 is 54.0 Å². The number of fused-ring (bicyclic) bond motifs is 1. The molecular formula is C63H96N15O22P3S2. The van der Waals surface area contributed by atoms with E-state index in [-0.39, 0.29) is 94.2 Å². The van der Waals surface area contributed by atoms with Gasteiger partial charge in [0.2, 0.25) is 75.3 Å². The maximum absolute atomic E-state index is 14.8. The first kappa shape index (κ1) is 88.2. The minimum Gasteiger partial charge on any atom is -0.508 e. The molecule has 37 nitrogen and oxygen atoms in total. The van der Waals surface area contributed by atoms with Crippen LogP contribution in [0.15, 0.2) is 79.0 Å². The van der Waals surface area contributed by atoms with Gasteiger partial charge in [-0.05, 0) is 74.5 Å². The molecular weight excluding hydrogens is 1480 g/mol. The van der Waals surface area contributed by atoms with Gasteiger partial charge in [-0.2, -0.15) is 25.3 Å². The number of nitrogens with zero attached hydrogens (tertiary/aromatic N) is 4. The van der Waals surface area contributed by atoms with Crippen molar-refractivity contribution in [3.05, 3.63) is 106 Å². The summed E-state index contributed by atoms with van der Waals surface area (Å²) in [6.07, 6.45) is -7.19. The van der Waals surface area contributed by atoms with Gasteiger partial charge in [0.25, 0.3) is 5.69 Å². The van der Waals surface area contributed by atoms with Crippen LogP contribution in [0.4, 0.5) is 5.69 Å². The monoisotopic (exact) mass is 1570 g/mol. The number of rotatable bonds is 42. The number of amides is 9. The number of aliphatic hydroxyl groups is 4. The van der Waals surface area contributed by atoms with E-state index in [4.69, 9.17) is 11.5 Å². The lowest BCUT2D eigenvalue weighted by molar-refractivity contribution is -0.384. The van der Waals surface area contributed by atoms with Crippen LogP contribution in [0.5, 0.6) is 5.75 Å². The molecule has 1 fully saturated rings. The van der Waals surface area contributed by atoms with Gasteiger partial charge in [0.15, 0.2) is 0 Å². The van der Waals surface area contributed by atoms with Crippen molar-refractivity contribution in [2.45, 2.75) is 119 Å². The second-order valence-corrected chi connectivity index (χ2v) is 33.2. The van der Waals surface area contributed by atoms with Gasteiger partial charge in [0.1, 0.15) is 66.8 Å². The highest BCUT2D eigenvalue weighted by Gasteiger charge is 2.38. The lowest BCUT2D eigenvalue weighted by Gasteiger charge is -2.29. The number of aromatic amines is 1. The number of nitro benzene ring substituents is 1. The predicted molar refractivity (Wildman–Crippen MR) is 392 cm³/mol. The number of para-hydroxylation sites is 1. The molecule has 3 aromatic carbocycles. The highest BCUT2D eigenvalue weighted by atomic mass is 32.1. The van der Waals surface area contributed by atoms with E-state index in [1.165, 1.54) is 51.1 Å². The first-order valence-electron chi connectivity index (χ1n) is 33.4. The number of nitro groups is 1. The quantitative estimate of drug-likeness (QED) is 0.00684. The Morgan fingerprint density at radius 2 is 0.971 bits per heavy atom. The van der Waals surface area contributed by atoms with Gasteiger partial charge in [0.05, 0.1) is 36.0 Å². The molecule has 4 aromatic rings. The van der Waals surface area contributed by atoms with Crippen LogP contribution in [0.3, 0.4) is 0 Å². The second kappa shape index (κ2) is 42.2. The standard InChI is InChI=1S/C63H96N15O22P3S2/c1-38(81)54(74-61(90)52(32-105)71-58(87)49(28-40-10-14-43(15-11-40)78(93)94)67-53(84)18-26-101(95,96)33-75-20-22-76(34-102(97,98)36-79)24-25-77(23-21-75)35-103(99,100)37-80)62(91)70-50(29-42-30-66-46-8-4-3-7-45(42)46)59(88)68-47(9-5-6-19-64)57(86)73-55(39(2)82)63(92)72-51(31-104)60(89)69-48(56(65)85)27-41-12-16-44(83)17-13-41/h3-4,7-8,10-17,30,38-39,47-52,54-55,66,79-83,104-105H,5-6,9,18-29,31-37,64H2,1-2H3,(H2,65,85)(H,67,84)(H,68,88)(H,69,89)(H,70,91)(H,71,87)(H,72,92)(H,73,86)(H,74,90)(H,95,96)(H,97,98)(H,99,100)/t38-,39-,47+,48-,49+,50+,51+,52-,54+,55+/m1/s1. The van der Waals surface area contributed by atoms with E-state index in [9.17, 15) is 107 Å². The Bertz CT molecular complexity index is 3730. The first-order valence-corrected chi connectivity index (χ1v) is 40.7. The predicted octanol–water partition coefficient (Wildman–Crippen LogP) is -3.18. The van der Waals surface area contributed by atoms with E-state index in [1.54, 1.807) is 30.5 Å². The van der Waals surface area contributed by atoms with E-state index in [2.05, 4.69) is 72.8 Å². The van der Waals surface area contributed by atoms with Gasteiger partial charge in [0, 0.05) is 112 Å². The molecule has 5 rings (SSSR count). The first-order chi connectivity index (χ1) is 49.5. The molecule has 1 aromatic heterocycles. The molecule has 0 spiro atoms. The zero-order valence-corrected chi connectivity index (χ0v) is 62.3. The largest absolute Gasteiger partial charge is 0.508 e. The average molecular weight is 1570 g/mol. The molecule has 3 unspecified atom stereocenters. The number of nitrogens with two attached hydrogens (primary N) is 2. The Morgan fingerprint density at radius 1 is 0.562 bits per heavy atom. The fourth-order valence-corrected chi connectivity index (χ4v) is 15.2. The fraction of sp³-hybridized carbons (Fsp3) is 0.540. The Kier molecular flexibility index (Phi) is 35.5. The molecule has 0 bridgehead atoms. The highest BCUT2D eigenvalue weighted by molar-refractivity contribution is 7.80. The molecule has 1 aliphatic heterocycles. The van der Waals surface area contributed by atoms with Crippen LogP contribution in [-0.4, -0.2) is 274 Å². The Balaban J connectivity index is 1.34. The van der Waals surface area contributed by atoms with Crippen molar-refractivity contribution in [1.82, 2.24) is 62.2 Å². The minimum absolute atomic E-state index is 0.0239. The lowest BCUT2D eigenvalue weighted by Crippen LogP contribution is -2.63. The summed E-state index contributed by atoms with van der Waals surface area (Å²) in [6.45, 7) is 2.73. The van der Waals surface area contributed by atoms with Crippen LogP contribution in [0, 0.1) is 10.1 Å². The Hall–Kier alpha value is -7.42. The number of aromatic hydroxyl groups is 1. The third-order valence-electron chi connectivity index (χ3n) is 16.9. The van der Waals surface area contributed by atoms with E-state index in [1.807, 2.05) is 0 Å². The second-order valence-electron chi connectivity index (χ2n) is 25.6. The van der Waals surface area contributed by atoms with Gasteiger partial charge >= 0.3 is 0 Å². The number of hydrogen-bond acceptors (Lipinski definition) is 25. The summed E-state index contributed by atoms with van der Waals surface area (Å²) < 4.78 is 39.0. The number of thiol groups is 2. The molecule has 42 heteroatoms. The van der Waals surface area contributed by atoms with E-state index in [0.717, 1.165) is 26.0 Å². The number of phenols is 1. The number of carbonyl (C=O) groups excluding carboxylic acids is 9. The third kappa shape index (κ3) is 29.3. The van der Waals surface area contributed by atoms with Crippen LogP contribution >= 0.6 is 47.4 Å². The lowest BCUT2D eigenvalue weighted by atomic mass is 10.0. The van der Waals surface area contributed by atoms with Crippen molar-refractivity contribution in [2.24, 2.45) is 11.5 Å². The summed E-state index contributed by atoms with van der Waals surface area (Å²) >= 11 is 8.45. The molecule has 1 saturated heterocycles. The molecule has 105 heavy (non-hydrogen) atoms. The smallest absolute Gasteiger partial charge is 0.269 e. The van der Waals surface area contributed by atoms with E-state index in [0.29, 0.717) is 28.5 Å². The molecule has 13 atom stereocenters. The molecule has 0 radical (unpaired) electrons. The highest BCUT2D eigenvalue weighted by Crippen LogP contribution is 2.43. The molecule has 582 valence electrons. The number of primary amides is 1. The number of unbranched alkanes of at least 4 members (excludes halogenated alkanes) is 1. The van der Waals surface area contributed by atoms with Gasteiger partial charge in [-0.25, -0.2) is 0 Å². The van der Waals surface area contributed by atoms with Gasteiger partial charge in [-0.15, -0.1) is 0 Å². The normalized spacial score (nSPS) is 17.9. The van der Waals surface area contributed by atoms with Crippen molar-refractivity contribution in [1.29, 1.82) is 0 Å². The van der Waals surface area contributed by atoms with Crippen molar-refractivity contribution < 1.29 is 102 Å². The fourth-order valence-electron chi connectivity index (χ4n) is 11.1. The zero-order chi connectivity index (χ0) is 77.9. The van der Waals surface area contributed by atoms with Gasteiger partial charge < -0.3 is 99.2 Å². The SMILES string of the molecule is C[C@@H](O)[C@H](NC(=O)[C@H](CCCCN)NC(=O)[C@H](Cc1c[nH]c2ccccc12)NC(=O)[C@@H](NC(=O)[C@@H](CS)NC(=O)[C@H](Cc1ccc([N+](=O)[O-])cc1)NC(=O)CCP(=O)(O)CN1CCN(CP(=O)(O)CO)CCN(CP(=O)(O)CO)CC1)[C@@H](C)O)C(=O)N[C@@H](CS)C(=O)N[C@H](Cc1ccc(O)cc1)C(N)=O. The maximum atomic E-state index is 14.8. The minimum atomic E-state index is -4.33. The molecule has 0 saturated carbocycles. The molecule has 21 N–H and O–H groups in total. The van der Waals surface area contributed by atoms with Crippen molar-refractivity contribution in [3.63, 3.8) is 0 Å². The van der Waals surface area contributed by atoms with Crippen LogP contribution in [0.25, 0.3) is 10.9 Å². The maximum Gasteiger partial charge on any atom is 0.269 e. The molecule has 0 aliphatic carbocycles. The van der Waals surface area contributed by atoms with E-state index < -0.39 is 197 Å². The number of carbonyl (C=O) groups is 9. The van der Waals surface area contributed by atoms with Gasteiger partial charge in [-0.3, -0.25) is 81.7 Å². The zero-order valence-electron chi connectivity index (χ0n) is 57.8. The third-order valence-corrected chi connectivity index (χ3v) is 22.0. The summed E-state index contributed by atoms with van der Waals surface area (Å²) in [5.74, 6) is -10.2. The van der Waals surface area contributed by atoms with Crippen LogP contribution in [0.1, 0.15) is 56.2 Å². The Morgan fingerprint density at radius 3 is 1.44 bits per heavy atom. The topological polar surface area (TPSA) is 584 Å².